The van der Waals surface area contributed by atoms with Crippen molar-refractivity contribution in [2.75, 3.05) is 20.6 Å². The van der Waals surface area contributed by atoms with E-state index in [4.69, 9.17) is 5.73 Å². The molecule has 0 saturated carbocycles. The molecule has 0 aliphatic rings. The zero-order chi connectivity index (χ0) is 13.9. The first-order valence-corrected chi connectivity index (χ1v) is 6.20. The van der Waals surface area contributed by atoms with Gasteiger partial charge in [-0.25, -0.2) is 8.78 Å². The van der Waals surface area contributed by atoms with E-state index in [1.807, 2.05) is 19.0 Å². The quantitative estimate of drug-likeness (QED) is 0.877. The van der Waals surface area contributed by atoms with Crippen molar-refractivity contribution in [2.45, 2.75) is 19.9 Å². The molecule has 0 fully saturated rings. The maximum atomic E-state index is 13.3. The van der Waals surface area contributed by atoms with Crippen molar-refractivity contribution in [1.82, 2.24) is 4.90 Å². The van der Waals surface area contributed by atoms with Gasteiger partial charge in [-0.1, -0.05) is 19.9 Å². The summed E-state index contributed by atoms with van der Waals surface area (Å²) in [5.41, 5.74) is 6.59. The standard InChI is InChI=1S/C14H22F2N2/c1-9(2)11(8-17)14(18(3)4)10-5-6-12(15)13(16)7-10/h5-7,9,11,14H,8,17H2,1-4H3. The van der Waals surface area contributed by atoms with Crippen LogP contribution in [0.1, 0.15) is 25.5 Å². The molecule has 0 spiro atoms. The fourth-order valence-corrected chi connectivity index (χ4v) is 2.39. The Labute approximate surface area is 108 Å². The highest BCUT2D eigenvalue weighted by atomic mass is 19.2. The molecule has 0 aliphatic carbocycles. The van der Waals surface area contributed by atoms with E-state index < -0.39 is 11.6 Å². The highest BCUT2D eigenvalue weighted by Crippen LogP contribution is 2.32. The fourth-order valence-electron chi connectivity index (χ4n) is 2.39. The predicted molar refractivity (Wildman–Crippen MR) is 70.2 cm³/mol. The largest absolute Gasteiger partial charge is 0.330 e. The molecule has 18 heavy (non-hydrogen) atoms. The van der Waals surface area contributed by atoms with Crippen molar-refractivity contribution in [1.29, 1.82) is 0 Å². The van der Waals surface area contributed by atoms with Gasteiger partial charge in [0.1, 0.15) is 0 Å². The summed E-state index contributed by atoms with van der Waals surface area (Å²) in [6, 6.07) is 4.07. The lowest BCUT2D eigenvalue weighted by molar-refractivity contribution is 0.175. The number of halogens is 2. The molecule has 4 heteroatoms. The highest BCUT2D eigenvalue weighted by molar-refractivity contribution is 5.22. The summed E-state index contributed by atoms with van der Waals surface area (Å²) in [5.74, 6) is -1.05. The second-order valence-electron chi connectivity index (χ2n) is 5.23. The van der Waals surface area contributed by atoms with Crippen molar-refractivity contribution >= 4 is 0 Å². The van der Waals surface area contributed by atoms with Gasteiger partial charge in [-0.05, 0) is 50.2 Å². The Morgan fingerprint density at radius 1 is 1.17 bits per heavy atom. The summed E-state index contributed by atoms with van der Waals surface area (Å²) in [6.07, 6.45) is 0. The number of nitrogens with zero attached hydrogens (tertiary/aromatic N) is 1. The lowest BCUT2D eigenvalue weighted by Gasteiger charge is -2.34. The Morgan fingerprint density at radius 2 is 1.78 bits per heavy atom. The molecule has 0 aliphatic heterocycles. The fraction of sp³-hybridized carbons (Fsp3) is 0.571. The smallest absolute Gasteiger partial charge is 0.159 e. The van der Waals surface area contributed by atoms with Gasteiger partial charge in [0.05, 0.1) is 0 Å². The van der Waals surface area contributed by atoms with Gasteiger partial charge in [0.15, 0.2) is 11.6 Å². The monoisotopic (exact) mass is 256 g/mol. The van der Waals surface area contributed by atoms with E-state index >= 15 is 0 Å². The second-order valence-corrected chi connectivity index (χ2v) is 5.23. The van der Waals surface area contributed by atoms with Crippen LogP contribution >= 0.6 is 0 Å². The van der Waals surface area contributed by atoms with E-state index in [1.54, 1.807) is 6.07 Å². The van der Waals surface area contributed by atoms with Crippen LogP contribution in [0.4, 0.5) is 8.78 Å². The molecule has 102 valence electrons. The van der Waals surface area contributed by atoms with Crippen LogP contribution in [-0.2, 0) is 0 Å². The minimum Gasteiger partial charge on any atom is -0.330 e. The Morgan fingerprint density at radius 3 is 2.17 bits per heavy atom. The molecule has 0 bridgehead atoms. The second kappa shape index (κ2) is 6.25. The molecule has 0 aromatic heterocycles. The number of nitrogens with two attached hydrogens (primary N) is 1. The molecular formula is C14H22F2N2. The summed E-state index contributed by atoms with van der Waals surface area (Å²) in [7, 11) is 3.86. The van der Waals surface area contributed by atoms with Gasteiger partial charge in [0.25, 0.3) is 0 Å². The van der Waals surface area contributed by atoms with Crippen LogP contribution in [-0.4, -0.2) is 25.5 Å². The van der Waals surface area contributed by atoms with Gasteiger partial charge in [0, 0.05) is 6.04 Å². The van der Waals surface area contributed by atoms with Gasteiger partial charge in [-0.3, -0.25) is 0 Å². The van der Waals surface area contributed by atoms with E-state index in [-0.39, 0.29) is 12.0 Å². The van der Waals surface area contributed by atoms with Gasteiger partial charge in [-0.15, -0.1) is 0 Å². The maximum Gasteiger partial charge on any atom is 0.159 e. The minimum absolute atomic E-state index is 0.00917. The first-order chi connectivity index (χ1) is 8.38. The average molecular weight is 256 g/mol. The zero-order valence-electron chi connectivity index (χ0n) is 11.5. The Balaban J connectivity index is 3.15. The molecule has 0 radical (unpaired) electrons. The van der Waals surface area contributed by atoms with Crippen molar-refractivity contribution in [3.8, 4) is 0 Å². The Hall–Kier alpha value is -1.00. The molecule has 1 aromatic rings. The molecule has 0 saturated heterocycles. The molecule has 2 nitrogen and oxygen atoms in total. The molecule has 0 amide bonds. The Kier molecular flexibility index (Phi) is 5.23. The van der Waals surface area contributed by atoms with Crippen LogP contribution in [0.15, 0.2) is 18.2 Å². The van der Waals surface area contributed by atoms with Crippen LogP contribution < -0.4 is 5.73 Å². The van der Waals surface area contributed by atoms with Gasteiger partial charge in [-0.2, -0.15) is 0 Å². The van der Waals surface area contributed by atoms with E-state index in [0.717, 1.165) is 5.56 Å². The summed E-state index contributed by atoms with van der Waals surface area (Å²) < 4.78 is 26.3. The SMILES string of the molecule is CC(C)C(CN)C(c1ccc(F)c(F)c1)N(C)C. The van der Waals surface area contributed by atoms with Crippen molar-refractivity contribution in [2.24, 2.45) is 17.6 Å². The summed E-state index contributed by atoms with van der Waals surface area (Å²) in [4.78, 5) is 2.00. The maximum absolute atomic E-state index is 13.3. The minimum atomic E-state index is -0.815. The zero-order valence-corrected chi connectivity index (χ0v) is 11.5. The highest BCUT2D eigenvalue weighted by Gasteiger charge is 2.27. The molecule has 2 N–H and O–H groups in total. The van der Waals surface area contributed by atoms with Crippen LogP contribution in [0.5, 0.6) is 0 Å². The third kappa shape index (κ3) is 3.27. The van der Waals surface area contributed by atoms with Crippen LogP contribution in [0.25, 0.3) is 0 Å². The third-order valence-electron chi connectivity index (χ3n) is 3.38. The van der Waals surface area contributed by atoms with Crippen molar-refractivity contribution < 1.29 is 8.78 Å². The van der Waals surface area contributed by atoms with Crippen LogP contribution in [0.3, 0.4) is 0 Å². The van der Waals surface area contributed by atoms with Gasteiger partial charge >= 0.3 is 0 Å². The number of benzene rings is 1. The predicted octanol–water partition coefficient (Wildman–Crippen LogP) is 2.80. The lowest BCUT2D eigenvalue weighted by atomic mass is 9.84. The number of hydrogen-bond donors (Lipinski definition) is 1. The van der Waals surface area contributed by atoms with Crippen LogP contribution in [0, 0.1) is 23.5 Å². The van der Waals surface area contributed by atoms with Crippen LogP contribution in [0.2, 0.25) is 0 Å². The summed E-state index contributed by atoms with van der Waals surface area (Å²) in [6.45, 7) is 4.70. The normalized spacial score (nSPS) is 15.2. The third-order valence-corrected chi connectivity index (χ3v) is 3.38. The topological polar surface area (TPSA) is 29.3 Å². The van der Waals surface area contributed by atoms with E-state index in [0.29, 0.717) is 12.5 Å². The van der Waals surface area contributed by atoms with Gasteiger partial charge < -0.3 is 10.6 Å². The first kappa shape index (κ1) is 15.1. The molecule has 0 heterocycles. The van der Waals surface area contributed by atoms with Crippen molar-refractivity contribution in [3.05, 3.63) is 35.4 Å². The molecule has 1 aromatic carbocycles. The van der Waals surface area contributed by atoms with Crippen molar-refractivity contribution in [3.63, 3.8) is 0 Å². The molecule has 1 rings (SSSR count). The molecular weight excluding hydrogens is 234 g/mol. The molecule has 2 unspecified atom stereocenters. The number of hydrogen-bond acceptors (Lipinski definition) is 2. The molecule has 2 atom stereocenters. The summed E-state index contributed by atoms with van der Waals surface area (Å²) in [5, 5.41) is 0. The number of rotatable bonds is 5. The summed E-state index contributed by atoms with van der Waals surface area (Å²) >= 11 is 0. The Bertz CT molecular complexity index is 391. The van der Waals surface area contributed by atoms with Gasteiger partial charge in [0.2, 0.25) is 0 Å². The average Bonchev–Trinajstić information content (AvgIpc) is 2.28. The lowest BCUT2D eigenvalue weighted by Crippen LogP contribution is -2.35. The first-order valence-electron chi connectivity index (χ1n) is 6.20. The van der Waals surface area contributed by atoms with E-state index in [9.17, 15) is 8.78 Å². The van der Waals surface area contributed by atoms with E-state index in [1.165, 1.54) is 12.1 Å². The van der Waals surface area contributed by atoms with E-state index in [2.05, 4.69) is 13.8 Å².